The number of fused-ring (bicyclic) bond motifs is 1. The minimum atomic E-state index is -0.292. The van der Waals surface area contributed by atoms with Gasteiger partial charge in [-0.1, -0.05) is 6.92 Å². The zero-order chi connectivity index (χ0) is 18.1. The molecule has 0 saturated carbocycles. The largest absolute Gasteiger partial charge is 0.350 e. The zero-order valence-electron chi connectivity index (χ0n) is 15.3. The summed E-state index contributed by atoms with van der Waals surface area (Å²) in [6.45, 7) is 8.55. The summed E-state index contributed by atoms with van der Waals surface area (Å²) in [4.78, 5) is 23.7. The monoisotopic (exact) mass is 343 g/mol. The molecule has 25 heavy (non-hydrogen) atoms. The van der Waals surface area contributed by atoms with Crippen LogP contribution in [0.25, 0.3) is 11.2 Å². The molecule has 1 aliphatic heterocycles. The Hall–Kier alpha value is -2.40. The smallest absolute Gasteiger partial charge is 0.349 e. The highest BCUT2D eigenvalue weighted by Gasteiger charge is 2.29. The van der Waals surface area contributed by atoms with Gasteiger partial charge >= 0.3 is 5.69 Å². The Kier molecular flexibility index (Phi) is 4.77. The van der Waals surface area contributed by atoms with Crippen LogP contribution < -0.4 is 15.9 Å². The third kappa shape index (κ3) is 2.89. The number of hydrogen-bond donors (Lipinski definition) is 1. The lowest BCUT2D eigenvalue weighted by Gasteiger charge is -2.39. The fourth-order valence-electron chi connectivity index (χ4n) is 3.52. The number of imidazole rings is 1. The first-order valence-electron chi connectivity index (χ1n) is 8.84. The Balaban J connectivity index is 2.23. The topological polar surface area (TPSA) is 91.8 Å². The van der Waals surface area contributed by atoms with Gasteiger partial charge < -0.3 is 14.8 Å². The maximum absolute atomic E-state index is 12.5. The molecule has 3 heterocycles. The summed E-state index contributed by atoms with van der Waals surface area (Å²) < 4.78 is 3.47. The van der Waals surface area contributed by atoms with E-state index in [1.165, 1.54) is 4.57 Å². The van der Waals surface area contributed by atoms with Crippen LogP contribution in [0.1, 0.15) is 33.0 Å². The van der Waals surface area contributed by atoms with Gasteiger partial charge in [-0.15, -0.1) is 0 Å². The Morgan fingerprint density at radius 3 is 2.76 bits per heavy atom. The molecule has 134 valence electrons. The third-order valence-electron chi connectivity index (χ3n) is 5.01. The molecule has 2 aromatic rings. The highest BCUT2D eigenvalue weighted by atomic mass is 16.1. The van der Waals surface area contributed by atoms with E-state index in [1.54, 1.807) is 7.05 Å². The first-order chi connectivity index (χ1) is 12.0. The van der Waals surface area contributed by atoms with Crippen LogP contribution in [-0.2, 0) is 20.0 Å². The van der Waals surface area contributed by atoms with Gasteiger partial charge in [-0.2, -0.15) is 10.2 Å². The molecule has 1 saturated heterocycles. The van der Waals surface area contributed by atoms with Gasteiger partial charge in [0.2, 0.25) is 0 Å². The number of hydrogen-bond acceptors (Lipinski definition) is 6. The normalized spacial score (nSPS) is 20.8. The Morgan fingerprint density at radius 2 is 2.12 bits per heavy atom. The first kappa shape index (κ1) is 17.4. The molecule has 0 radical (unpaired) electrons. The molecule has 1 fully saturated rings. The van der Waals surface area contributed by atoms with E-state index in [1.807, 2.05) is 11.5 Å². The Labute approximate surface area is 147 Å². The maximum Gasteiger partial charge on any atom is 0.350 e. The first-order valence-corrected chi connectivity index (χ1v) is 8.84. The van der Waals surface area contributed by atoms with Gasteiger partial charge in [-0.3, -0.25) is 4.57 Å². The lowest BCUT2D eigenvalue weighted by atomic mass is 10.1. The Bertz CT molecular complexity index is 876. The molecule has 1 aliphatic rings. The van der Waals surface area contributed by atoms with E-state index in [9.17, 15) is 4.79 Å². The summed E-state index contributed by atoms with van der Waals surface area (Å²) in [6.07, 6.45) is 1.23. The summed E-state index contributed by atoms with van der Waals surface area (Å²) in [6, 6.07) is 2.75. The van der Waals surface area contributed by atoms with E-state index in [0.29, 0.717) is 29.7 Å². The van der Waals surface area contributed by atoms with Crippen molar-refractivity contribution >= 4 is 17.0 Å². The average molecular weight is 343 g/mol. The minimum Gasteiger partial charge on any atom is -0.349 e. The molecule has 3 rings (SSSR count). The summed E-state index contributed by atoms with van der Waals surface area (Å²) in [5.74, 6) is 1.32. The number of aryl methyl sites for hydroxylation is 2. The number of piperazine rings is 1. The highest BCUT2D eigenvalue weighted by Crippen LogP contribution is 2.26. The number of aromatic nitrogens is 4. The fraction of sp³-hybridized carbons (Fsp3) is 0.647. The summed E-state index contributed by atoms with van der Waals surface area (Å²) in [5, 5.41) is 12.6. The van der Waals surface area contributed by atoms with Crippen LogP contribution in [0.15, 0.2) is 4.79 Å². The fourth-order valence-corrected chi connectivity index (χ4v) is 3.52. The number of nitriles is 1. The van der Waals surface area contributed by atoms with Crippen molar-refractivity contribution < 1.29 is 0 Å². The second-order valence-corrected chi connectivity index (χ2v) is 6.57. The maximum atomic E-state index is 12.5. The molecule has 0 bridgehead atoms. The molecular formula is C17H25N7O. The predicted molar refractivity (Wildman–Crippen MR) is 96.6 cm³/mol. The van der Waals surface area contributed by atoms with Crippen molar-refractivity contribution in [2.24, 2.45) is 7.05 Å². The van der Waals surface area contributed by atoms with Gasteiger partial charge in [0.05, 0.1) is 12.5 Å². The molecule has 8 nitrogen and oxygen atoms in total. The van der Waals surface area contributed by atoms with Gasteiger partial charge in [-0.05, 0) is 20.3 Å². The van der Waals surface area contributed by atoms with Crippen LogP contribution in [-0.4, -0.2) is 44.3 Å². The van der Waals surface area contributed by atoms with Crippen molar-refractivity contribution in [1.29, 1.82) is 5.26 Å². The quantitative estimate of drug-likeness (QED) is 0.882. The van der Waals surface area contributed by atoms with Gasteiger partial charge in [0.25, 0.3) is 0 Å². The van der Waals surface area contributed by atoms with Crippen LogP contribution in [0.4, 0.5) is 5.82 Å². The predicted octanol–water partition coefficient (Wildman–Crippen LogP) is 0.793. The highest BCUT2D eigenvalue weighted by molar-refractivity contribution is 5.84. The standard InChI is InChI=1S/C17H25N7O/c1-5-12-10-24(11(3)9-19-12)15-14-16(22(4)17(25)21-15)23(6-2)13(20-14)7-8-18/h11-12,19H,5-7,9-10H2,1-4H3/t11-,12+/m0/s1. The molecule has 1 N–H and O–H groups in total. The molecule has 8 heteroatoms. The second kappa shape index (κ2) is 6.84. The number of nitrogens with zero attached hydrogens (tertiary/aromatic N) is 6. The van der Waals surface area contributed by atoms with Crippen molar-refractivity contribution in [3.8, 4) is 6.07 Å². The van der Waals surface area contributed by atoms with Crippen LogP contribution in [0.5, 0.6) is 0 Å². The lowest BCUT2D eigenvalue weighted by molar-refractivity contribution is 0.395. The SMILES string of the molecule is CC[C@@H]1CN(c2nc(=O)n(C)c3c2nc(CC#N)n3CC)[C@@H](C)CN1. The van der Waals surface area contributed by atoms with E-state index >= 15 is 0 Å². The minimum absolute atomic E-state index is 0.213. The van der Waals surface area contributed by atoms with Crippen LogP contribution in [0.3, 0.4) is 0 Å². The van der Waals surface area contributed by atoms with Crippen molar-refractivity contribution in [1.82, 2.24) is 24.4 Å². The molecule has 0 amide bonds. The molecule has 2 aromatic heterocycles. The van der Waals surface area contributed by atoms with Crippen molar-refractivity contribution in [3.63, 3.8) is 0 Å². The average Bonchev–Trinajstić information content (AvgIpc) is 2.97. The van der Waals surface area contributed by atoms with Gasteiger partial charge in [0.15, 0.2) is 5.82 Å². The van der Waals surface area contributed by atoms with Crippen molar-refractivity contribution in [3.05, 3.63) is 16.3 Å². The molecule has 0 aromatic carbocycles. The van der Waals surface area contributed by atoms with Gasteiger partial charge in [-0.25, -0.2) is 9.78 Å². The lowest BCUT2D eigenvalue weighted by Crippen LogP contribution is -2.56. The second-order valence-electron chi connectivity index (χ2n) is 6.57. The number of nitrogens with one attached hydrogen (secondary N) is 1. The van der Waals surface area contributed by atoms with E-state index in [-0.39, 0.29) is 18.2 Å². The third-order valence-corrected chi connectivity index (χ3v) is 5.01. The molecule has 0 spiro atoms. The van der Waals surface area contributed by atoms with Gasteiger partial charge in [0, 0.05) is 38.8 Å². The Morgan fingerprint density at radius 1 is 1.36 bits per heavy atom. The van der Waals surface area contributed by atoms with Crippen molar-refractivity contribution in [2.45, 2.75) is 52.2 Å². The molecule has 0 aliphatic carbocycles. The van der Waals surface area contributed by atoms with Crippen LogP contribution in [0, 0.1) is 11.3 Å². The summed E-state index contributed by atoms with van der Waals surface area (Å²) >= 11 is 0. The van der Waals surface area contributed by atoms with E-state index in [0.717, 1.165) is 25.2 Å². The molecule has 2 atom stereocenters. The summed E-state index contributed by atoms with van der Waals surface area (Å²) in [5.41, 5.74) is 1.15. The number of anilines is 1. The van der Waals surface area contributed by atoms with E-state index in [4.69, 9.17) is 10.2 Å². The zero-order valence-corrected chi connectivity index (χ0v) is 15.3. The number of rotatable bonds is 4. The molecule has 0 unspecified atom stereocenters. The van der Waals surface area contributed by atoms with Crippen LogP contribution >= 0.6 is 0 Å². The van der Waals surface area contributed by atoms with Crippen molar-refractivity contribution in [2.75, 3.05) is 18.0 Å². The molecular weight excluding hydrogens is 318 g/mol. The van der Waals surface area contributed by atoms with E-state index in [2.05, 4.69) is 35.1 Å². The van der Waals surface area contributed by atoms with Crippen LogP contribution in [0.2, 0.25) is 0 Å². The van der Waals surface area contributed by atoms with E-state index < -0.39 is 0 Å². The summed E-state index contributed by atoms with van der Waals surface area (Å²) in [7, 11) is 1.71. The van der Waals surface area contributed by atoms with Gasteiger partial charge in [0.1, 0.15) is 17.0 Å².